The molecule has 0 aliphatic heterocycles. The summed E-state index contributed by atoms with van der Waals surface area (Å²) in [6.07, 6.45) is 43.3. The summed E-state index contributed by atoms with van der Waals surface area (Å²) in [6, 6.07) is 0. The lowest BCUT2D eigenvalue weighted by atomic mass is 8.88. The molecule has 6 saturated carbocycles. The third kappa shape index (κ3) is 13.7. The largest absolute Gasteiger partial charge is 0.465 e. The van der Waals surface area contributed by atoms with Gasteiger partial charge in [-0.2, -0.15) is 0 Å². The van der Waals surface area contributed by atoms with Crippen LogP contribution in [0, 0.1) is 57.7 Å². The van der Waals surface area contributed by atoms with Gasteiger partial charge in [0.05, 0.1) is 19.8 Å². The Labute approximate surface area is 419 Å². The van der Waals surface area contributed by atoms with Gasteiger partial charge in [0.2, 0.25) is 0 Å². The van der Waals surface area contributed by atoms with Crippen LogP contribution in [-0.4, -0.2) is 62.3 Å². The molecule has 6 aliphatic carbocycles. The van der Waals surface area contributed by atoms with E-state index in [2.05, 4.69) is 46.4 Å². The number of esters is 3. The summed E-state index contributed by atoms with van der Waals surface area (Å²) >= 11 is 0. The second-order valence-electron chi connectivity index (χ2n) is 23.6. The number of carbonyl (C=O) groups excluding carboxylic acids is 3. The summed E-state index contributed by atoms with van der Waals surface area (Å²) in [6.45, 7) is 17.9. The van der Waals surface area contributed by atoms with Gasteiger partial charge in [-0.25, -0.2) is 0 Å². The molecule has 6 rings (SSSR count). The molecule has 0 radical (unpaired) electrons. The van der Waals surface area contributed by atoms with E-state index >= 15 is 0 Å². The van der Waals surface area contributed by atoms with E-state index < -0.39 is 0 Å². The Kier molecular flexibility index (Phi) is 25.6. The van der Waals surface area contributed by atoms with E-state index in [0.29, 0.717) is 80.5 Å². The second-order valence-corrected chi connectivity index (χ2v) is 23.6. The molecule has 0 aromatic carbocycles. The Balaban J connectivity index is 1.17. The van der Waals surface area contributed by atoms with Crippen LogP contribution in [0.1, 0.15) is 273 Å². The van der Waals surface area contributed by atoms with Gasteiger partial charge in [0.25, 0.3) is 0 Å². The highest BCUT2D eigenvalue weighted by Crippen LogP contribution is 3.14. The van der Waals surface area contributed by atoms with Crippen LogP contribution in [0.2, 0.25) is 0 Å². The van der Waals surface area contributed by atoms with Crippen LogP contribution in [0.25, 0.3) is 0 Å². The zero-order valence-corrected chi connectivity index (χ0v) is 45.6. The number of carbonyl (C=O) groups is 3. The number of hydrogen-bond donors (Lipinski definition) is 0. The van der Waals surface area contributed by atoms with E-state index in [-0.39, 0.29) is 34.2 Å². The topological polar surface area (TPSA) is 82.1 Å². The van der Waals surface area contributed by atoms with E-state index in [4.69, 9.17) is 14.2 Å². The van der Waals surface area contributed by atoms with Gasteiger partial charge in [-0.15, -0.1) is 0 Å². The number of rotatable bonds is 48. The molecule has 6 aliphatic rings. The third-order valence-corrected chi connectivity index (χ3v) is 19.4. The molecule has 394 valence electrons. The van der Waals surface area contributed by atoms with Crippen LogP contribution in [0.5, 0.6) is 0 Å². The number of hydrogen-bond acceptors (Lipinski definition) is 7. The average Bonchev–Trinajstić information content (AvgIpc) is 3.34. The maximum atomic E-state index is 14.0. The third-order valence-electron chi connectivity index (χ3n) is 19.4. The predicted octanol–water partition coefficient (Wildman–Crippen LogP) is 16.4. The smallest absolute Gasteiger partial charge is 0.306 e. The van der Waals surface area contributed by atoms with Crippen molar-refractivity contribution in [2.75, 3.05) is 39.5 Å². The van der Waals surface area contributed by atoms with Gasteiger partial charge >= 0.3 is 17.9 Å². The fraction of sp³-hybridized carbons (Fsp3) is 0.951. The van der Waals surface area contributed by atoms with Crippen molar-refractivity contribution < 1.29 is 28.6 Å². The molecule has 0 heterocycles. The molecular formula is C61H109NO6. The Morgan fingerprint density at radius 1 is 0.397 bits per heavy atom. The van der Waals surface area contributed by atoms with Crippen LogP contribution < -0.4 is 0 Å². The Hall–Kier alpha value is -1.63. The zero-order valence-electron chi connectivity index (χ0n) is 45.6. The SMILES string of the molecule is CCCCCCCCCC(CCCCCCCCC)CC(=O)OCC12C3C4C1C1C4(COC(=O)CCCN(CC)CC)C3C12COC(=O)CC(CCCCCCCCC)CCCCCCCCC. The monoisotopic (exact) mass is 952 g/mol. The lowest BCUT2D eigenvalue weighted by Gasteiger charge is -3.14. The number of nitrogens with zero attached hydrogens (tertiary/aromatic N) is 1. The highest BCUT2D eigenvalue weighted by Gasteiger charge is 3.15. The van der Waals surface area contributed by atoms with Gasteiger partial charge < -0.3 is 19.1 Å². The van der Waals surface area contributed by atoms with Crippen molar-refractivity contribution in [3.05, 3.63) is 0 Å². The maximum Gasteiger partial charge on any atom is 0.306 e. The second kappa shape index (κ2) is 30.4. The minimum Gasteiger partial charge on any atom is -0.465 e. The first kappa shape index (κ1) is 57.3. The maximum absolute atomic E-state index is 14.0. The first-order valence-electron chi connectivity index (χ1n) is 30.5. The molecule has 7 nitrogen and oxygen atoms in total. The van der Waals surface area contributed by atoms with Crippen molar-refractivity contribution in [3.8, 4) is 0 Å². The van der Waals surface area contributed by atoms with E-state index in [1.807, 2.05) is 0 Å². The van der Waals surface area contributed by atoms with Crippen molar-refractivity contribution in [3.63, 3.8) is 0 Å². The van der Waals surface area contributed by atoms with Crippen molar-refractivity contribution in [2.45, 2.75) is 273 Å². The fourth-order valence-corrected chi connectivity index (χ4v) is 15.8. The summed E-state index contributed by atoms with van der Waals surface area (Å²) in [4.78, 5) is 43.3. The summed E-state index contributed by atoms with van der Waals surface area (Å²) in [5.41, 5.74) is -0.0828. The molecule has 6 fully saturated rings. The highest BCUT2D eigenvalue weighted by molar-refractivity contribution is 5.72. The normalized spacial score (nSPS) is 26.5. The summed E-state index contributed by atoms with van der Waals surface area (Å²) in [5, 5.41) is 0. The lowest BCUT2D eigenvalue weighted by Crippen LogP contribution is -3.15. The van der Waals surface area contributed by atoms with Crippen LogP contribution in [0.4, 0.5) is 0 Å². The number of unbranched alkanes of at least 4 members (excludes halogenated alkanes) is 24. The van der Waals surface area contributed by atoms with Gasteiger partial charge in [0.1, 0.15) is 0 Å². The van der Waals surface area contributed by atoms with Gasteiger partial charge in [-0.1, -0.05) is 221 Å². The Bertz CT molecular complexity index is 1370. The van der Waals surface area contributed by atoms with E-state index in [1.54, 1.807) is 0 Å². The van der Waals surface area contributed by atoms with E-state index in [1.165, 1.54) is 180 Å². The van der Waals surface area contributed by atoms with Crippen LogP contribution in [-0.2, 0) is 28.6 Å². The Morgan fingerprint density at radius 2 is 0.735 bits per heavy atom. The van der Waals surface area contributed by atoms with Crippen LogP contribution in [0.3, 0.4) is 0 Å². The van der Waals surface area contributed by atoms with Crippen molar-refractivity contribution in [1.82, 2.24) is 4.90 Å². The van der Waals surface area contributed by atoms with Crippen LogP contribution >= 0.6 is 0 Å². The van der Waals surface area contributed by atoms with Crippen molar-refractivity contribution in [2.24, 2.45) is 57.7 Å². The van der Waals surface area contributed by atoms with Gasteiger partial charge in [-0.05, 0) is 93.2 Å². The average molecular weight is 953 g/mol. The standard InChI is InChI=1S/C61H109NO6/c1-7-13-17-21-25-29-33-38-49(39-34-30-26-22-18-14-8-2)44-52(64)67-47-60-55-54-56(60)58-59(54,46-66-51(63)42-37-43-62(11-5)12-6)57(55)61(58,60)48-68-53(65)45-50(40-35-31-27-23-19-15-9-3)41-36-32-28-24-20-16-10-4/h49-50,54-58H,7-48H2,1-6H3. The molecule has 68 heavy (non-hydrogen) atoms. The quantitative estimate of drug-likeness (QED) is 0.0341. The molecule has 0 spiro atoms. The molecule has 4 atom stereocenters. The molecule has 0 aromatic heterocycles. The molecule has 0 N–H and O–H groups in total. The van der Waals surface area contributed by atoms with Crippen LogP contribution in [0.15, 0.2) is 0 Å². The predicted molar refractivity (Wildman–Crippen MR) is 281 cm³/mol. The fourth-order valence-electron chi connectivity index (χ4n) is 15.8. The number of ether oxygens (including phenoxy) is 3. The highest BCUT2D eigenvalue weighted by atomic mass is 16.5. The molecule has 0 saturated heterocycles. The molecule has 7 heteroatoms. The molecule has 0 amide bonds. The van der Waals surface area contributed by atoms with Crippen molar-refractivity contribution >= 4 is 17.9 Å². The summed E-state index contributed by atoms with van der Waals surface area (Å²) in [7, 11) is 0. The minimum atomic E-state index is -0.108. The molecule has 0 bridgehead atoms. The minimum absolute atomic E-state index is 0.00590. The van der Waals surface area contributed by atoms with Gasteiger partial charge in [-0.3, -0.25) is 14.4 Å². The van der Waals surface area contributed by atoms with Gasteiger partial charge in [0, 0.05) is 35.5 Å². The first-order chi connectivity index (χ1) is 33.3. The first-order valence-corrected chi connectivity index (χ1v) is 30.5. The van der Waals surface area contributed by atoms with E-state index in [9.17, 15) is 14.4 Å². The molecular weight excluding hydrogens is 843 g/mol. The lowest BCUT2D eigenvalue weighted by molar-refractivity contribution is -0.706. The zero-order chi connectivity index (χ0) is 48.7. The Morgan fingerprint density at radius 3 is 1.10 bits per heavy atom. The van der Waals surface area contributed by atoms with Crippen molar-refractivity contribution in [1.29, 1.82) is 0 Å². The molecule has 0 aromatic rings. The molecule has 4 unspecified atom stereocenters. The summed E-state index contributed by atoms with van der Waals surface area (Å²) in [5.74, 6) is 3.17. The van der Waals surface area contributed by atoms with E-state index in [0.717, 1.165) is 51.7 Å². The summed E-state index contributed by atoms with van der Waals surface area (Å²) < 4.78 is 19.0. The van der Waals surface area contributed by atoms with Gasteiger partial charge in [0.15, 0.2) is 0 Å².